The number of piperazine rings is 1. The molecule has 7 heteroatoms. The summed E-state index contributed by atoms with van der Waals surface area (Å²) in [5.41, 5.74) is 1.03. The maximum atomic E-state index is 12.8. The Bertz CT molecular complexity index is 586. The van der Waals surface area contributed by atoms with Crippen LogP contribution in [-0.2, 0) is 16.0 Å². The molecular formula is C17H24N4O2S. The maximum Gasteiger partial charge on any atom is 0.245 e. The zero-order valence-corrected chi connectivity index (χ0v) is 14.9. The molecular weight excluding hydrogens is 324 g/mol. The zero-order valence-electron chi connectivity index (χ0n) is 14.1. The van der Waals surface area contributed by atoms with Crippen molar-refractivity contribution in [3.05, 3.63) is 35.9 Å². The first-order valence-corrected chi connectivity index (χ1v) is 8.48. The Labute approximate surface area is 148 Å². The van der Waals surface area contributed by atoms with Gasteiger partial charge in [-0.2, -0.15) is 0 Å². The number of carbonyl (C=O) groups is 2. The minimum absolute atomic E-state index is 0.0379. The van der Waals surface area contributed by atoms with Crippen LogP contribution >= 0.6 is 12.2 Å². The van der Waals surface area contributed by atoms with Crippen LogP contribution in [0.1, 0.15) is 12.5 Å². The molecule has 1 aliphatic rings. The molecule has 1 aromatic rings. The summed E-state index contributed by atoms with van der Waals surface area (Å²) in [5, 5.41) is 6.44. The number of hydrogen-bond donors (Lipinski definition) is 2. The SMILES string of the molecule is CNC(=S)N1CCN(C(=O)[C@H](Cc2ccccc2)NC(C)=O)CC1. The Hall–Kier alpha value is -2.15. The van der Waals surface area contributed by atoms with Gasteiger partial charge in [-0.3, -0.25) is 9.59 Å². The van der Waals surface area contributed by atoms with Gasteiger partial charge in [0, 0.05) is 46.6 Å². The third-order valence-electron chi connectivity index (χ3n) is 4.05. The number of benzene rings is 1. The summed E-state index contributed by atoms with van der Waals surface area (Å²) in [6, 6.07) is 9.19. The number of nitrogens with zero attached hydrogens (tertiary/aromatic N) is 2. The minimum atomic E-state index is -0.535. The number of nitrogens with one attached hydrogen (secondary N) is 2. The fraction of sp³-hybridized carbons (Fsp3) is 0.471. The van der Waals surface area contributed by atoms with Crippen molar-refractivity contribution in [2.75, 3.05) is 33.2 Å². The molecule has 0 radical (unpaired) electrons. The molecule has 1 aromatic carbocycles. The van der Waals surface area contributed by atoms with E-state index >= 15 is 0 Å². The van der Waals surface area contributed by atoms with Crippen molar-refractivity contribution in [3.8, 4) is 0 Å². The number of rotatable bonds is 4. The van der Waals surface area contributed by atoms with Gasteiger partial charge in [-0.15, -0.1) is 0 Å². The first kappa shape index (κ1) is 18.2. The highest BCUT2D eigenvalue weighted by molar-refractivity contribution is 7.80. The van der Waals surface area contributed by atoms with E-state index in [2.05, 4.69) is 10.6 Å². The van der Waals surface area contributed by atoms with Crippen LogP contribution in [0, 0.1) is 0 Å². The summed E-state index contributed by atoms with van der Waals surface area (Å²) in [6.45, 7) is 4.04. The van der Waals surface area contributed by atoms with E-state index in [4.69, 9.17) is 12.2 Å². The predicted octanol–water partition coefficient (Wildman–Crippen LogP) is 0.382. The predicted molar refractivity (Wildman–Crippen MR) is 97.6 cm³/mol. The van der Waals surface area contributed by atoms with Crippen molar-refractivity contribution < 1.29 is 9.59 Å². The molecule has 24 heavy (non-hydrogen) atoms. The van der Waals surface area contributed by atoms with Gasteiger partial charge in [0.2, 0.25) is 11.8 Å². The van der Waals surface area contributed by atoms with E-state index in [1.54, 1.807) is 11.9 Å². The summed E-state index contributed by atoms with van der Waals surface area (Å²) in [7, 11) is 1.80. The number of hydrogen-bond acceptors (Lipinski definition) is 3. The molecule has 130 valence electrons. The lowest BCUT2D eigenvalue weighted by Gasteiger charge is -2.37. The summed E-state index contributed by atoms with van der Waals surface area (Å²) >= 11 is 5.23. The maximum absolute atomic E-state index is 12.8. The van der Waals surface area contributed by atoms with Crippen LogP contribution < -0.4 is 10.6 Å². The Balaban J connectivity index is 2.00. The fourth-order valence-electron chi connectivity index (χ4n) is 2.80. The van der Waals surface area contributed by atoms with Crippen LogP contribution in [0.15, 0.2) is 30.3 Å². The standard InChI is InChI=1S/C17H24N4O2S/c1-13(22)19-15(12-14-6-4-3-5-7-14)16(23)20-8-10-21(11-9-20)17(24)18-2/h3-7,15H,8-12H2,1-2H3,(H,18,24)(H,19,22)/t15-/m0/s1. The average Bonchev–Trinajstić information content (AvgIpc) is 2.60. The van der Waals surface area contributed by atoms with Crippen LogP contribution in [0.5, 0.6) is 0 Å². The van der Waals surface area contributed by atoms with E-state index in [1.807, 2.05) is 35.2 Å². The topological polar surface area (TPSA) is 64.7 Å². The molecule has 6 nitrogen and oxygen atoms in total. The van der Waals surface area contributed by atoms with Gasteiger partial charge < -0.3 is 20.4 Å². The van der Waals surface area contributed by atoms with Gasteiger partial charge >= 0.3 is 0 Å². The Morgan fingerprint density at radius 1 is 1.12 bits per heavy atom. The van der Waals surface area contributed by atoms with Crippen molar-refractivity contribution in [1.82, 2.24) is 20.4 Å². The van der Waals surface area contributed by atoms with Crippen LogP contribution in [0.3, 0.4) is 0 Å². The molecule has 1 atom stereocenters. The molecule has 1 aliphatic heterocycles. The Morgan fingerprint density at radius 2 is 1.71 bits per heavy atom. The van der Waals surface area contributed by atoms with Crippen molar-refractivity contribution in [2.45, 2.75) is 19.4 Å². The summed E-state index contributed by atoms with van der Waals surface area (Å²) in [4.78, 5) is 28.2. The first-order valence-electron chi connectivity index (χ1n) is 8.07. The minimum Gasteiger partial charge on any atom is -0.366 e. The van der Waals surface area contributed by atoms with Gasteiger partial charge in [-0.05, 0) is 17.8 Å². The number of thiocarbonyl (C=S) groups is 1. The number of carbonyl (C=O) groups excluding carboxylic acids is 2. The van der Waals surface area contributed by atoms with Crippen LogP contribution in [0.25, 0.3) is 0 Å². The van der Waals surface area contributed by atoms with Gasteiger partial charge in [0.15, 0.2) is 5.11 Å². The third-order valence-corrected chi connectivity index (χ3v) is 4.51. The summed E-state index contributed by atoms with van der Waals surface area (Å²) < 4.78 is 0. The second kappa shape index (κ2) is 8.63. The average molecular weight is 348 g/mol. The molecule has 1 saturated heterocycles. The molecule has 0 unspecified atom stereocenters. The normalized spacial score (nSPS) is 15.6. The monoisotopic (exact) mass is 348 g/mol. The molecule has 2 amide bonds. The number of amides is 2. The lowest BCUT2D eigenvalue weighted by molar-refractivity contribution is -0.137. The van der Waals surface area contributed by atoms with Crippen LogP contribution in [-0.4, -0.2) is 66.0 Å². The van der Waals surface area contributed by atoms with Crippen molar-refractivity contribution in [2.24, 2.45) is 0 Å². The van der Waals surface area contributed by atoms with E-state index in [0.29, 0.717) is 37.7 Å². The van der Waals surface area contributed by atoms with Crippen LogP contribution in [0.4, 0.5) is 0 Å². The smallest absolute Gasteiger partial charge is 0.245 e. The highest BCUT2D eigenvalue weighted by Crippen LogP contribution is 2.09. The Morgan fingerprint density at radius 3 is 2.25 bits per heavy atom. The van der Waals surface area contributed by atoms with E-state index in [9.17, 15) is 9.59 Å². The van der Waals surface area contributed by atoms with Crippen molar-refractivity contribution in [3.63, 3.8) is 0 Å². The molecule has 1 heterocycles. The first-order chi connectivity index (χ1) is 11.5. The second-order valence-corrected chi connectivity index (χ2v) is 6.20. The van der Waals surface area contributed by atoms with Gasteiger partial charge in [0.05, 0.1) is 0 Å². The summed E-state index contributed by atoms with van der Waals surface area (Å²) in [6.07, 6.45) is 0.494. The van der Waals surface area contributed by atoms with Crippen molar-refractivity contribution >= 4 is 29.1 Å². The molecule has 0 aliphatic carbocycles. The molecule has 2 rings (SSSR count). The lowest BCUT2D eigenvalue weighted by Crippen LogP contribution is -2.57. The second-order valence-electron chi connectivity index (χ2n) is 5.81. The highest BCUT2D eigenvalue weighted by atomic mass is 32.1. The quantitative estimate of drug-likeness (QED) is 0.771. The third kappa shape index (κ3) is 4.92. The Kier molecular flexibility index (Phi) is 6.54. The highest BCUT2D eigenvalue weighted by Gasteiger charge is 2.28. The van der Waals surface area contributed by atoms with E-state index in [0.717, 1.165) is 5.56 Å². The van der Waals surface area contributed by atoms with E-state index in [1.165, 1.54) is 6.92 Å². The summed E-state index contributed by atoms with van der Waals surface area (Å²) in [5.74, 6) is -0.233. The molecule has 0 saturated carbocycles. The molecule has 0 bridgehead atoms. The van der Waals surface area contributed by atoms with E-state index < -0.39 is 6.04 Å². The zero-order chi connectivity index (χ0) is 17.5. The van der Waals surface area contributed by atoms with Gasteiger partial charge in [0.1, 0.15) is 6.04 Å². The van der Waals surface area contributed by atoms with E-state index in [-0.39, 0.29) is 11.8 Å². The molecule has 2 N–H and O–H groups in total. The largest absolute Gasteiger partial charge is 0.366 e. The van der Waals surface area contributed by atoms with Gasteiger partial charge in [-0.1, -0.05) is 30.3 Å². The molecule has 0 aromatic heterocycles. The van der Waals surface area contributed by atoms with Crippen LogP contribution in [0.2, 0.25) is 0 Å². The molecule has 0 spiro atoms. The fourth-order valence-corrected chi connectivity index (χ4v) is 2.99. The molecule has 1 fully saturated rings. The van der Waals surface area contributed by atoms with Gasteiger partial charge in [-0.25, -0.2) is 0 Å². The lowest BCUT2D eigenvalue weighted by atomic mass is 10.0. The van der Waals surface area contributed by atoms with Crippen molar-refractivity contribution in [1.29, 1.82) is 0 Å². The van der Waals surface area contributed by atoms with Gasteiger partial charge in [0.25, 0.3) is 0 Å².